The first-order chi connectivity index (χ1) is 51.2. The van der Waals surface area contributed by atoms with E-state index in [4.69, 9.17) is 33.1 Å². The molecule has 0 bridgehead atoms. The van der Waals surface area contributed by atoms with Gasteiger partial charge in [0.25, 0.3) is 0 Å². The van der Waals surface area contributed by atoms with Crippen molar-refractivity contribution in [3.63, 3.8) is 0 Å². The van der Waals surface area contributed by atoms with E-state index >= 15 is 19.2 Å². The quantitative estimate of drug-likeness (QED) is 0.0142. The van der Waals surface area contributed by atoms with Crippen LogP contribution in [0.4, 0.5) is 0 Å². The number of benzene rings is 3. The molecular formula is C70H96N18O17S2. The van der Waals surface area contributed by atoms with Gasteiger partial charge < -0.3 is 106 Å². The summed E-state index contributed by atoms with van der Waals surface area (Å²) in [6.07, 6.45) is 0.870. The highest BCUT2D eigenvalue weighted by atomic mass is 33.1. The van der Waals surface area contributed by atoms with Gasteiger partial charge in [0.1, 0.15) is 71.9 Å². The standard InChI is InChI=1S/C70H96N18O17S2/c1-105-43-12-6-9-39(31-43)33-50-64(99)80-46(15-7-28-77-70(74)75)61(96)76-29-26-56(91)79-47(21-23-55(72)90)62(97)82-51(34-41-35-78-45-14-5-4-13-44(41)45)66(101)81-48(22-24-58(93)94)63(98)85-52(60(73)95)36-106-107-37-53(67(102)87-59(69(104)84-50)40-10-2-3-11-40)86-65(100)49(32-38-17-19-42(89)20-18-38)83-68(103)54-16-8-30-88(54)57(92)25-27-71/h4-6,9,12-14,17-20,31,35,40,46-54,59,78,89H,2-3,7-8,10-11,15-16,21-30,32-34,36-37,71H2,1H3,(H2,72,90)(H2,73,95)(H,76,96)(H,79,91)(H,80,99)(H,81,101)(H,82,97)(H,83,103)(H,84,104)(H,85,98)(H,86,100)(H,87,102)(H,93,94)(H4,74,75,77)/t46-,47-,48-,49-,50-,51-,52+,53-,54-,59-/m0/s1. The second-order valence-corrected chi connectivity index (χ2v) is 28.8. The third kappa shape index (κ3) is 26.4. The number of phenolic OH excluding ortho intramolecular Hbond substituents is 1. The number of H-pyrrole nitrogens is 1. The third-order valence-electron chi connectivity index (χ3n) is 18.4. The first-order valence-electron chi connectivity index (χ1n) is 35.3. The van der Waals surface area contributed by atoms with Crippen molar-refractivity contribution in [3.8, 4) is 11.5 Å². The van der Waals surface area contributed by atoms with Crippen molar-refractivity contribution in [1.29, 1.82) is 5.41 Å². The van der Waals surface area contributed by atoms with Crippen LogP contribution in [0.5, 0.6) is 11.5 Å². The van der Waals surface area contributed by atoms with Crippen LogP contribution in [0.2, 0.25) is 0 Å². The van der Waals surface area contributed by atoms with Gasteiger partial charge in [0.05, 0.1) is 7.11 Å². The number of carbonyl (C=O) groups excluding carboxylic acids is 13. The van der Waals surface area contributed by atoms with E-state index < -0.39 is 182 Å². The number of aliphatic carboxylic acids is 1. The SMILES string of the molecule is COc1cccc(C[C@@H]2NC(=O)[C@H](C3CCCC3)NC(=O)[C@@H](NC(=O)[C@H](Cc3ccc(O)cc3)NC(=O)[C@@H]3CCCN3C(=O)CCN)CSSC[C@H](C(N)=O)NC(=O)[C@H](CCC(=O)O)NC(=O)[C@H](Cc3c[nH]c4ccccc34)NC(=O)[C@H](CCC(N)=O)NC(=O)CCNC(=O)[C@H](CCCNC(=N)N)NC2=O)c1. The van der Waals surface area contributed by atoms with Gasteiger partial charge in [-0.2, -0.15) is 0 Å². The summed E-state index contributed by atoms with van der Waals surface area (Å²) in [6.45, 7) is -0.114. The summed E-state index contributed by atoms with van der Waals surface area (Å²) < 4.78 is 5.48. The zero-order chi connectivity index (χ0) is 77.7. The zero-order valence-corrected chi connectivity index (χ0v) is 60.8. The molecule has 2 saturated heterocycles. The zero-order valence-electron chi connectivity index (χ0n) is 59.2. The summed E-state index contributed by atoms with van der Waals surface area (Å²) in [4.78, 5) is 202. The number of nitrogens with zero attached hydrogens (tertiary/aromatic N) is 1. The van der Waals surface area contributed by atoms with Crippen LogP contribution >= 0.6 is 21.6 Å². The first-order valence-corrected chi connectivity index (χ1v) is 37.8. The van der Waals surface area contributed by atoms with Crippen molar-refractivity contribution in [2.24, 2.45) is 28.9 Å². The summed E-state index contributed by atoms with van der Waals surface area (Å²) in [5.74, 6) is -14.3. The highest BCUT2D eigenvalue weighted by molar-refractivity contribution is 8.76. The van der Waals surface area contributed by atoms with Gasteiger partial charge in [0.15, 0.2) is 5.96 Å². The van der Waals surface area contributed by atoms with Crippen LogP contribution in [0.1, 0.15) is 107 Å². The molecule has 1 aromatic heterocycles. The van der Waals surface area contributed by atoms with E-state index in [1.54, 1.807) is 54.7 Å². The number of para-hydroxylation sites is 1. The number of hydrogen-bond acceptors (Lipinski definition) is 20. The Labute approximate surface area is 624 Å². The molecule has 3 aromatic carbocycles. The van der Waals surface area contributed by atoms with Crippen LogP contribution in [0.3, 0.4) is 0 Å². The summed E-state index contributed by atoms with van der Waals surface area (Å²) >= 11 is 0. The van der Waals surface area contributed by atoms with Crippen LogP contribution in [0.15, 0.2) is 79.0 Å². The summed E-state index contributed by atoms with van der Waals surface area (Å²) in [7, 11) is 3.18. The van der Waals surface area contributed by atoms with E-state index in [2.05, 4.69) is 63.5 Å². The molecule has 1 saturated carbocycles. The highest BCUT2D eigenvalue weighted by Crippen LogP contribution is 2.30. The van der Waals surface area contributed by atoms with Crippen LogP contribution in [-0.4, -0.2) is 214 Å². The normalized spacial score (nSPS) is 22.7. The van der Waals surface area contributed by atoms with Gasteiger partial charge in [-0.3, -0.25) is 72.5 Å². The minimum atomic E-state index is -1.74. The second kappa shape index (κ2) is 41.9. The number of carboxylic acid groups (broad SMARTS) is 1. The number of carboxylic acids is 1. The second-order valence-electron chi connectivity index (χ2n) is 26.3. The average Bonchev–Trinajstić information content (AvgIpc) is 1.74. The Morgan fingerprint density at radius 1 is 0.682 bits per heavy atom. The molecule has 4 aromatic rings. The maximum absolute atomic E-state index is 15.3. The Bertz CT molecular complexity index is 3840. The number of rotatable bonds is 25. The number of aromatic hydroxyl groups is 1. The fourth-order valence-electron chi connectivity index (χ4n) is 12.7. The smallest absolute Gasteiger partial charge is 0.303 e. The van der Waals surface area contributed by atoms with Gasteiger partial charge in [-0.05, 0) is 104 Å². The molecule has 107 heavy (non-hydrogen) atoms. The van der Waals surface area contributed by atoms with Gasteiger partial charge in [-0.1, -0.05) is 76.9 Å². The number of fused-ring (bicyclic) bond motifs is 1. The van der Waals surface area contributed by atoms with Crippen molar-refractivity contribution >= 4 is 121 Å². The fraction of sp³-hybridized carbons (Fsp3) is 0.500. The van der Waals surface area contributed by atoms with E-state index in [0.29, 0.717) is 65.4 Å². The number of carbonyl (C=O) groups is 14. The predicted octanol–water partition coefficient (Wildman–Crippen LogP) is -2.42. The van der Waals surface area contributed by atoms with Gasteiger partial charge in [0.2, 0.25) is 76.8 Å². The van der Waals surface area contributed by atoms with E-state index in [1.807, 2.05) is 0 Å². The molecule has 10 atom stereocenters. The average molecular weight is 1530 g/mol. The summed E-state index contributed by atoms with van der Waals surface area (Å²) in [6, 6.07) is 4.28. The lowest BCUT2D eigenvalue weighted by atomic mass is 9.95. The number of methoxy groups -OCH3 is 1. The number of aromatic amines is 1. The molecule has 0 spiro atoms. The molecule has 37 heteroatoms. The van der Waals surface area contributed by atoms with Gasteiger partial charge >= 0.3 is 5.97 Å². The van der Waals surface area contributed by atoms with Crippen molar-refractivity contribution in [1.82, 2.24) is 68.4 Å². The van der Waals surface area contributed by atoms with E-state index in [-0.39, 0.29) is 93.7 Å². The lowest BCUT2D eigenvalue weighted by Crippen LogP contribution is -2.61. The number of nitrogens with one attached hydrogen (secondary N) is 13. The van der Waals surface area contributed by atoms with Crippen molar-refractivity contribution in [2.75, 3.05) is 44.8 Å². The predicted molar refractivity (Wildman–Crippen MR) is 394 cm³/mol. The molecule has 1 aliphatic carbocycles. The molecule has 3 heterocycles. The third-order valence-corrected chi connectivity index (χ3v) is 20.8. The lowest BCUT2D eigenvalue weighted by Gasteiger charge is -2.30. The highest BCUT2D eigenvalue weighted by Gasteiger charge is 2.41. The van der Waals surface area contributed by atoms with E-state index in [1.165, 1.54) is 36.3 Å². The molecule has 23 N–H and O–H groups in total. The number of phenols is 1. The van der Waals surface area contributed by atoms with Crippen molar-refractivity contribution in [2.45, 2.75) is 170 Å². The Balaban J connectivity index is 1.29. The van der Waals surface area contributed by atoms with E-state index in [0.717, 1.165) is 21.6 Å². The number of hydrogen-bond donors (Lipinski definition) is 19. The molecule has 7 rings (SSSR count). The van der Waals surface area contributed by atoms with Gasteiger partial charge in [-0.25, -0.2) is 0 Å². The minimum absolute atomic E-state index is 0.0137. The largest absolute Gasteiger partial charge is 0.508 e. The number of likely N-dealkylation sites (tertiary alicyclic amines) is 1. The molecular weight excluding hydrogens is 1430 g/mol. The Morgan fingerprint density at radius 3 is 2.01 bits per heavy atom. The first kappa shape index (κ1) is 83.6. The fourth-order valence-corrected chi connectivity index (χ4v) is 15.0. The maximum atomic E-state index is 15.3. The van der Waals surface area contributed by atoms with Crippen molar-refractivity contribution < 1.29 is 82.1 Å². The topological polar surface area (TPSA) is 568 Å². The Hall–Kier alpha value is -10.7. The molecule has 3 fully saturated rings. The minimum Gasteiger partial charge on any atom is -0.508 e. The number of amides is 13. The van der Waals surface area contributed by atoms with Crippen LogP contribution < -0.4 is 86.2 Å². The number of primary amides is 2. The van der Waals surface area contributed by atoms with E-state index in [9.17, 15) is 58.2 Å². The number of guanidine groups is 1. The summed E-state index contributed by atoms with van der Waals surface area (Å²) in [5, 5.41) is 57.7. The van der Waals surface area contributed by atoms with Crippen LogP contribution in [0, 0.1) is 11.3 Å². The molecule has 13 amide bonds. The number of ether oxygens (including phenoxy) is 1. The van der Waals surface area contributed by atoms with Crippen LogP contribution in [0.25, 0.3) is 10.9 Å². The molecule has 580 valence electrons. The molecule has 3 aliphatic rings. The lowest BCUT2D eigenvalue weighted by molar-refractivity contribution is -0.139. The van der Waals surface area contributed by atoms with Gasteiger partial charge in [-0.15, -0.1) is 0 Å². The molecule has 0 unspecified atom stereocenters. The Morgan fingerprint density at radius 2 is 1.33 bits per heavy atom. The molecule has 0 radical (unpaired) electrons. The monoisotopic (exact) mass is 1520 g/mol. The van der Waals surface area contributed by atoms with Crippen molar-refractivity contribution in [3.05, 3.63) is 95.7 Å². The maximum Gasteiger partial charge on any atom is 0.303 e. The number of nitrogens with two attached hydrogens (primary N) is 4. The Kier molecular flexibility index (Phi) is 32.7. The van der Waals surface area contributed by atoms with Gasteiger partial charge in [0, 0.05) is 99.7 Å². The van der Waals surface area contributed by atoms with Crippen LogP contribution in [-0.2, 0) is 86.4 Å². The number of aromatic nitrogens is 1. The molecule has 35 nitrogen and oxygen atoms in total. The molecule has 2 aliphatic heterocycles. The summed E-state index contributed by atoms with van der Waals surface area (Å²) in [5.41, 5.74) is 24.7.